The molecule has 2 heterocycles. The van der Waals surface area contributed by atoms with E-state index in [2.05, 4.69) is 46.3 Å². The highest BCUT2D eigenvalue weighted by Gasteiger charge is 2.09. The summed E-state index contributed by atoms with van der Waals surface area (Å²) in [6.45, 7) is 0. The zero-order valence-electron chi connectivity index (χ0n) is 10.2. The fourth-order valence-electron chi connectivity index (χ4n) is 1.52. The van der Waals surface area contributed by atoms with Crippen molar-refractivity contribution in [3.05, 3.63) is 45.6 Å². The fourth-order valence-corrected chi connectivity index (χ4v) is 2.20. The zero-order valence-corrected chi connectivity index (χ0v) is 13.3. The Morgan fingerprint density at radius 1 is 1.14 bits per heavy atom. The molecule has 0 saturated heterocycles. The third-order valence-electron chi connectivity index (χ3n) is 2.39. The average Bonchev–Trinajstić information content (AvgIpc) is 2.96. The Hall–Kier alpha value is -1.77. The molecule has 1 aromatic carbocycles. The van der Waals surface area contributed by atoms with Crippen molar-refractivity contribution in [3.8, 4) is 5.95 Å². The minimum atomic E-state index is 0.0316. The molecule has 0 aliphatic carbocycles. The molecule has 0 aliphatic heterocycles. The van der Waals surface area contributed by atoms with Gasteiger partial charge in [0.1, 0.15) is 12.7 Å². The van der Waals surface area contributed by atoms with Gasteiger partial charge in [-0.25, -0.2) is 4.98 Å². The largest absolute Gasteiger partial charge is 0.323 e. The van der Waals surface area contributed by atoms with Crippen LogP contribution in [0.15, 0.2) is 35.3 Å². The fraction of sp³-hybridized carbons (Fsp3) is 0. The van der Waals surface area contributed by atoms with Crippen LogP contribution in [0, 0.1) is 0 Å². The van der Waals surface area contributed by atoms with Crippen LogP contribution in [-0.2, 0) is 0 Å². The summed E-state index contributed by atoms with van der Waals surface area (Å²) in [5, 5.41) is 7.48. The Labute approximate surface area is 137 Å². The van der Waals surface area contributed by atoms with E-state index in [0.717, 1.165) is 4.47 Å². The maximum atomic E-state index is 6.11. The second-order valence-electron chi connectivity index (χ2n) is 3.82. The van der Waals surface area contributed by atoms with Gasteiger partial charge in [0.2, 0.25) is 11.2 Å². The number of nitrogens with one attached hydrogen (secondary N) is 1. The van der Waals surface area contributed by atoms with Crippen LogP contribution in [0.5, 0.6) is 0 Å². The molecule has 0 amide bonds. The predicted octanol–water partition coefficient (Wildman–Crippen LogP) is 3.27. The van der Waals surface area contributed by atoms with Gasteiger partial charge < -0.3 is 5.32 Å². The molecular weight excluding hydrogens is 381 g/mol. The van der Waals surface area contributed by atoms with E-state index in [-0.39, 0.29) is 17.2 Å². The first kappa shape index (κ1) is 14.2. The zero-order chi connectivity index (χ0) is 14.8. The minimum absolute atomic E-state index is 0.0316. The molecule has 0 fully saturated rings. The smallest absolute Gasteiger partial charge is 0.258 e. The lowest BCUT2D eigenvalue weighted by Gasteiger charge is -2.08. The molecule has 0 spiro atoms. The second-order valence-corrected chi connectivity index (χ2v) is 5.48. The molecule has 0 radical (unpaired) electrons. The van der Waals surface area contributed by atoms with Gasteiger partial charge in [-0.2, -0.15) is 24.7 Å². The molecule has 10 heteroatoms. The van der Waals surface area contributed by atoms with Crippen molar-refractivity contribution < 1.29 is 0 Å². The summed E-state index contributed by atoms with van der Waals surface area (Å²) in [5.41, 5.74) is 0.637. The maximum Gasteiger partial charge on any atom is 0.258 e. The molecular formula is C11H6BrCl2N7. The lowest BCUT2D eigenvalue weighted by Crippen LogP contribution is -2.07. The molecule has 0 saturated carbocycles. The highest BCUT2D eigenvalue weighted by Crippen LogP contribution is 2.27. The summed E-state index contributed by atoms with van der Waals surface area (Å²) in [6.07, 6.45) is 2.83. The third-order valence-corrected chi connectivity index (χ3v) is 3.39. The number of hydrogen-bond donors (Lipinski definition) is 1. The molecule has 3 rings (SSSR count). The SMILES string of the molecule is Clc1nc(Nc2cc(Br)ccc2Cl)nc(-n2cncn2)n1. The van der Waals surface area contributed by atoms with Crippen molar-refractivity contribution in [1.29, 1.82) is 0 Å². The van der Waals surface area contributed by atoms with Gasteiger partial charge in [-0.3, -0.25) is 0 Å². The number of anilines is 2. The third kappa shape index (κ3) is 3.29. The number of nitrogens with zero attached hydrogens (tertiary/aromatic N) is 6. The maximum absolute atomic E-state index is 6.11. The molecule has 21 heavy (non-hydrogen) atoms. The van der Waals surface area contributed by atoms with Crippen LogP contribution in [0.25, 0.3) is 5.95 Å². The Morgan fingerprint density at radius 2 is 2.00 bits per heavy atom. The van der Waals surface area contributed by atoms with Crippen molar-refractivity contribution in [2.75, 3.05) is 5.32 Å². The van der Waals surface area contributed by atoms with Crippen molar-refractivity contribution in [3.63, 3.8) is 0 Å². The van der Waals surface area contributed by atoms with Gasteiger partial charge in [0.05, 0.1) is 10.7 Å². The lowest BCUT2D eigenvalue weighted by molar-refractivity contribution is 0.796. The van der Waals surface area contributed by atoms with Gasteiger partial charge in [0.15, 0.2) is 0 Å². The van der Waals surface area contributed by atoms with E-state index in [4.69, 9.17) is 23.2 Å². The van der Waals surface area contributed by atoms with Gasteiger partial charge in [0.25, 0.3) is 5.95 Å². The Bertz CT molecular complexity index is 778. The summed E-state index contributed by atoms with van der Waals surface area (Å²) in [7, 11) is 0. The van der Waals surface area contributed by atoms with E-state index in [1.807, 2.05) is 6.07 Å². The van der Waals surface area contributed by atoms with E-state index < -0.39 is 0 Å². The highest BCUT2D eigenvalue weighted by atomic mass is 79.9. The quantitative estimate of drug-likeness (QED) is 0.743. The van der Waals surface area contributed by atoms with Gasteiger partial charge in [-0.05, 0) is 29.8 Å². The normalized spacial score (nSPS) is 10.6. The van der Waals surface area contributed by atoms with E-state index in [1.54, 1.807) is 12.1 Å². The number of hydrogen-bond acceptors (Lipinski definition) is 6. The summed E-state index contributed by atoms with van der Waals surface area (Å²) in [5.74, 6) is 0.501. The van der Waals surface area contributed by atoms with E-state index in [9.17, 15) is 0 Å². The van der Waals surface area contributed by atoms with Crippen LogP contribution in [0.4, 0.5) is 11.6 Å². The number of benzene rings is 1. The van der Waals surface area contributed by atoms with Crippen molar-refractivity contribution >= 4 is 50.8 Å². The first-order valence-corrected chi connectivity index (χ1v) is 7.15. The van der Waals surface area contributed by atoms with Gasteiger partial charge in [-0.15, -0.1) is 0 Å². The van der Waals surface area contributed by atoms with Crippen LogP contribution >= 0.6 is 39.1 Å². The summed E-state index contributed by atoms with van der Waals surface area (Å²) in [4.78, 5) is 16.0. The van der Waals surface area contributed by atoms with E-state index in [1.165, 1.54) is 17.3 Å². The van der Waals surface area contributed by atoms with Crippen molar-refractivity contribution in [1.82, 2.24) is 29.7 Å². The van der Waals surface area contributed by atoms with E-state index in [0.29, 0.717) is 10.7 Å². The van der Waals surface area contributed by atoms with Crippen LogP contribution < -0.4 is 5.32 Å². The van der Waals surface area contributed by atoms with Crippen LogP contribution in [-0.4, -0.2) is 29.7 Å². The first-order valence-electron chi connectivity index (χ1n) is 5.60. The standard InChI is InChI=1S/C11H6BrCl2N7/c12-6-1-2-7(13)8(3-6)17-10-18-9(14)19-11(20-10)21-5-15-4-16-21/h1-5H,(H,17,18,19,20). The highest BCUT2D eigenvalue weighted by molar-refractivity contribution is 9.10. The Morgan fingerprint density at radius 3 is 2.76 bits per heavy atom. The average molecular weight is 387 g/mol. The molecule has 2 aromatic heterocycles. The first-order chi connectivity index (χ1) is 10.1. The molecule has 0 atom stereocenters. The van der Waals surface area contributed by atoms with Gasteiger partial charge in [0, 0.05) is 4.47 Å². The topological polar surface area (TPSA) is 81.4 Å². The Kier molecular flexibility index (Phi) is 4.00. The second kappa shape index (κ2) is 5.92. The van der Waals surface area contributed by atoms with Crippen LogP contribution in [0.3, 0.4) is 0 Å². The molecule has 1 N–H and O–H groups in total. The van der Waals surface area contributed by atoms with Crippen LogP contribution in [0.2, 0.25) is 10.3 Å². The number of aromatic nitrogens is 6. The van der Waals surface area contributed by atoms with E-state index >= 15 is 0 Å². The number of rotatable bonds is 3. The molecule has 7 nitrogen and oxygen atoms in total. The van der Waals surface area contributed by atoms with Crippen LogP contribution in [0.1, 0.15) is 0 Å². The van der Waals surface area contributed by atoms with Crippen molar-refractivity contribution in [2.24, 2.45) is 0 Å². The molecule has 0 bridgehead atoms. The number of halogens is 3. The molecule has 0 aliphatic rings. The molecule has 106 valence electrons. The lowest BCUT2D eigenvalue weighted by atomic mass is 10.3. The monoisotopic (exact) mass is 385 g/mol. The molecule has 0 unspecified atom stereocenters. The summed E-state index contributed by atoms with van der Waals surface area (Å²) in [6, 6.07) is 5.37. The summed E-state index contributed by atoms with van der Waals surface area (Å²) < 4.78 is 2.24. The van der Waals surface area contributed by atoms with Crippen molar-refractivity contribution in [2.45, 2.75) is 0 Å². The summed E-state index contributed by atoms with van der Waals surface area (Å²) >= 11 is 15.4. The predicted molar refractivity (Wildman–Crippen MR) is 82.2 cm³/mol. The van der Waals surface area contributed by atoms with Gasteiger partial charge >= 0.3 is 0 Å². The van der Waals surface area contributed by atoms with Gasteiger partial charge in [-0.1, -0.05) is 27.5 Å². The molecule has 3 aromatic rings. The Balaban J connectivity index is 1.97. The minimum Gasteiger partial charge on any atom is -0.323 e.